The first-order valence-electron chi connectivity index (χ1n) is 7.61. The van der Waals surface area contributed by atoms with E-state index in [0.717, 1.165) is 24.9 Å². The smallest absolute Gasteiger partial charge is 0.0701 e. The van der Waals surface area contributed by atoms with Crippen molar-refractivity contribution in [1.82, 2.24) is 4.90 Å². The second-order valence-electron chi connectivity index (χ2n) is 6.64. The van der Waals surface area contributed by atoms with Crippen LogP contribution in [0.1, 0.15) is 45.1 Å². The van der Waals surface area contributed by atoms with Crippen LogP contribution in [0.4, 0.5) is 0 Å². The molecule has 2 unspecified atom stereocenters. The van der Waals surface area contributed by atoms with Gasteiger partial charge in [-0.1, -0.05) is 26.7 Å². The summed E-state index contributed by atoms with van der Waals surface area (Å²) < 4.78 is 1.21. The van der Waals surface area contributed by atoms with Crippen LogP contribution in [0.3, 0.4) is 0 Å². The van der Waals surface area contributed by atoms with Gasteiger partial charge in [0.2, 0.25) is 0 Å². The highest BCUT2D eigenvalue weighted by molar-refractivity contribution is 9.11. The van der Waals surface area contributed by atoms with Gasteiger partial charge >= 0.3 is 0 Å². The first-order chi connectivity index (χ1) is 9.47. The first-order valence-corrected chi connectivity index (χ1v) is 9.28. The average molecular weight is 359 g/mol. The van der Waals surface area contributed by atoms with Crippen LogP contribution < -0.4 is 5.73 Å². The van der Waals surface area contributed by atoms with Crippen LogP contribution in [0, 0.1) is 11.8 Å². The fourth-order valence-electron chi connectivity index (χ4n) is 3.51. The Hall–Kier alpha value is 0.100. The minimum absolute atomic E-state index is 0.196. The maximum atomic E-state index is 6.21. The molecule has 0 bridgehead atoms. The largest absolute Gasteiger partial charge is 0.329 e. The molecule has 1 saturated carbocycles. The van der Waals surface area contributed by atoms with Crippen LogP contribution in [0.5, 0.6) is 0 Å². The Labute approximate surface area is 135 Å². The van der Waals surface area contributed by atoms with Gasteiger partial charge in [0, 0.05) is 18.6 Å². The van der Waals surface area contributed by atoms with Crippen LogP contribution in [0.25, 0.3) is 0 Å². The molecule has 1 fully saturated rings. The van der Waals surface area contributed by atoms with Crippen molar-refractivity contribution in [1.29, 1.82) is 0 Å². The van der Waals surface area contributed by atoms with E-state index in [1.807, 2.05) is 0 Å². The SMILES string of the molecule is CC(C)C1CCCC(CN)(N(C)Cc2csc(Br)c2)C1. The second kappa shape index (κ2) is 6.91. The third-order valence-corrected chi connectivity index (χ3v) is 6.59. The molecule has 1 heterocycles. The van der Waals surface area contributed by atoms with Crippen molar-refractivity contribution in [3.05, 3.63) is 20.8 Å². The molecule has 1 aromatic heterocycles. The van der Waals surface area contributed by atoms with Crippen molar-refractivity contribution in [2.24, 2.45) is 17.6 Å². The Kier molecular flexibility index (Phi) is 5.69. The highest BCUT2D eigenvalue weighted by Crippen LogP contribution is 2.39. The van der Waals surface area contributed by atoms with E-state index in [2.05, 4.69) is 53.2 Å². The van der Waals surface area contributed by atoms with Crippen LogP contribution in [-0.2, 0) is 6.54 Å². The highest BCUT2D eigenvalue weighted by atomic mass is 79.9. The molecule has 2 nitrogen and oxygen atoms in total. The van der Waals surface area contributed by atoms with Crippen LogP contribution in [0.2, 0.25) is 0 Å². The van der Waals surface area contributed by atoms with Crippen LogP contribution in [-0.4, -0.2) is 24.0 Å². The monoisotopic (exact) mass is 358 g/mol. The molecule has 0 aromatic carbocycles. The predicted octanol–water partition coefficient (Wildman–Crippen LogP) is 4.49. The van der Waals surface area contributed by atoms with E-state index in [4.69, 9.17) is 5.73 Å². The van der Waals surface area contributed by atoms with Gasteiger partial charge in [0.1, 0.15) is 0 Å². The van der Waals surface area contributed by atoms with Gasteiger partial charge in [0.25, 0.3) is 0 Å². The standard InChI is InChI=1S/C16H27BrN2S/c1-12(2)14-5-4-6-16(8-14,11-18)19(3)9-13-7-15(17)20-10-13/h7,10,12,14H,4-6,8-9,11,18H2,1-3H3. The van der Waals surface area contributed by atoms with Gasteiger partial charge in [0.15, 0.2) is 0 Å². The minimum atomic E-state index is 0.196. The van der Waals surface area contributed by atoms with E-state index < -0.39 is 0 Å². The summed E-state index contributed by atoms with van der Waals surface area (Å²) in [7, 11) is 2.25. The van der Waals surface area contributed by atoms with Crippen LogP contribution in [0.15, 0.2) is 15.2 Å². The van der Waals surface area contributed by atoms with Crippen molar-refractivity contribution in [3.8, 4) is 0 Å². The van der Waals surface area contributed by atoms with Crippen molar-refractivity contribution in [2.45, 2.75) is 51.6 Å². The van der Waals surface area contributed by atoms with E-state index in [9.17, 15) is 0 Å². The maximum Gasteiger partial charge on any atom is 0.0701 e. The number of nitrogens with zero attached hydrogens (tertiary/aromatic N) is 1. The Morgan fingerprint density at radius 1 is 1.55 bits per heavy atom. The number of thiophene rings is 1. The van der Waals surface area contributed by atoms with Crippen molar-refractivity contribution < 1.29 is 0 Å². The molecule has 0 saturated heterocycles. The zero-order chi connectivity index (χ0) is 14.8. The maximum absolute atomic E-state index is 6.21. The van der Waals surface area contributed by atoms with E-state index in [1.54, 1.807) is 11.3 Å². The van der Waals surface area contributed by atoms with Gasteiger partial charge < -0.3 is 5.73 Å². The van der Waals surface area contributed by atoms with Gasteiger partial charge in [0.05, 0.1) is 3.79 Å². The van der Waals surface area contributed by atoms with Crippen molar-refractivity contribution >= 4 is 27.3 Å². The third kappa shape index (κ3) is 3.65. The fourth-order valence-corrected chi connectivity index (χ4v) is 4.71. The van der Waals surface area contributed by atoms with Crippen molar-refractivity contribution in [2.75, 3.05) is 13.6 Å². The summed E-state index contributed by atoms with van der Waals surface area (Å²) in [5, 5.41) is 2.24. The second-order valence-corrected chi connectivity index (χ2v) is 8.93. The van der Waals surface area contributed by atoms with Crippen LogP contribution >= 0.6 is 27.3 Å². The van der Waals surface area contributed by atoms with Gasteiger partial charge in [-0.05, 0) is 64.7 Å². The summed E-state index contributed by atoms with van der Waals surface area (Å²) in [6.45, 7) is 6.49. The molecule has 1 aliphatic carbocycles. The third-order valence-electron chi connectivity index (χ3n) is 5.03. The number of hydrogen-bond acceptors (Lipinski definition) is 3. The lowest BCUT2D eigenvalue weighted by Gasteiger charge is -2.47. The molecule has 2 atom stereocenters. The molecule has 2 rings (SSSR count). The predicted molar refractivity (Wildman–Crippen MR) is 92.1 cm³/mol. The Bertz CT molecular complexity index is 432. The zero-order valence-electron chi connectivity index (χ0n) is 12.9. The molecule has 20 heavy (non-hydrogen) atoms. The highest BCUT2D eigenvalue weighted by Gasteiger charge is 2.39. The Balaban J connectivity index is 2.08. The lowest BCUT2D eigenvalue weighted by molar-refractivity contribution is 0.0397. The lowest BCUT2D eigenvalue weighted by Crippen LogP contribution is -2.54. The average Bonchev–Trinajstić information content (AvgIpc) is 2.84. The summed E-state index contributed by atoms with van der Waals surface area (Å²) in [6.07, 6.45) is 5.19. The van der Waals surface area contributed by atoms with Gasteiger partial charge in [-0.3, -0.25) is 4.90 Å². The molecule has 114 valence electrons. The minimum Gasteiger partial charge on any atom is -0.329 e. The summed E-state index contributed by atoms with van der Waals surface area (Å²) >= 11 is 5.32. The molecule has 0 amide bonds. The van der Waals surface area contributed by atoms with E-state index in [0.29, 0.717) is 0 Å². The number of likely N-dealkylation sites (N-methyl/N-ethyl adjacent to an activating group) is 1. The molecule has 1 aromatic rings. The van der Waals surface area contributed by atoms with E-state index in [1.165, 1.54) is 35.0 Å². The summed E-state index contributed by atoms with van der Waals surface area (Å²) in [4.78, 5) is 2.51. The molecule has 0 radical (unpaired) electrons. The number of nitrogens with two attached hydrogens (primary N) is 1. The number of hydrogen-bond donors (Lipinski definition) is 1. The van der Waals surface area contributed by atoms with Gasteiger partial charge in [-0.2, -0.15) is 0 Å². The van der Waals surface area contributed by atoms with Crippen molar-refractivity contribution in [3.63, 3.8) is 0 Å². The normalized spacial score (nSPS) is 27.4. The molecule has 2 N–H and O–H groups in total. The lowest BCUT2D eigenvalue weighted by atomic mass is 9.71. The molecular weight excluding hydrogens is 332 g/mol. The quantitative estimate of drug-likeness (QED) is 0.840. The van der Waals surface area contributed by atoms with E-state index in [-0.39, 0.29) is 5.54 Å². The molecule has 1 aliphatic rings. The first kappa shape index (κ1) is 16.5. The topological polar surface area (TPSA) is 29.3 Å². The number of halogens is 1. The number of rotatable bonds is 5. The molecule has 0 aliphatic heterocycles. The molecule has 0 spiro atoms. The Morgan fingerprint density at radius 3 is 2.85 bits per heavy atom. The van der Waals surface area contributed by atoms with Gasteiger partial charge in [-0.25, -0.2) is 0 Å². The zero-order valence-corrected chi connectivity index (χ0v) is 15.3. The molecule has 4 heteroatoms. The summed E-state index contributed by atoms with van der Waals surface area (Å²) in [5.74, 6) is 1.59. The Morgan fingerprint density at radius 2 is 2.30 bits per heavy atom. The van der Waals surface area contributed by atoms with E-state index >= 15 is 0 Å². The summed E-state index contributed by atoms with van der Waals surface area (Å²) in [6, 6.07) is 2.23. The molecular formula is C16H27BrN2S. The summed E-state index contributed by atoms with van der Waals surface area (Å²) in [5.41, 5.74) is 7.80. The van der Waals surface area contributed by atoms with Gasteiger partial charge in [-0.15, -0.1) is 11.3 Å². The fraction of sp³-hybridized carbons (Fsp3) is 0.750.